The third kappa shape index (κ3) is 3.17. The SMILES string of the molecule is FC(F)(F)c1cn2c(n1)CC(COc1ccccn1)CC2. The second-order valence-corrected chi connectivity index (χ2v) is 5.07. The van der Waals surface area contributed by atoms with E-state index in [1.165, 1.54) is 0 Å². The summed E-state index contributed by atoms with van der Waals surface area (Å²) in [7, 11) is 0. The van der Waals surface area contributed by atoms with Crippen molar-refractivity contribution in [1.82, 2.24) is 14.5 Å². The minimum absolute atomic E-state index is 0.156. The Morgan fingerprint density at radius 2 is 2.19 bits per heavy atom. The van der Waals surface area contributed by atoms with Crippen LogP contribution >= 0.6 is 0 Å². The van der Waals surface area contributed by atoms with Crippen molar-refractivity contribution < 1.29 is 17.9 Å². The maximum Gasteiger partial charge on any atom is 0.434 e. The maximum absolute atomic E-state index is 12.6. The van der Waals surface area contributed by atoms with Crippen molar-refractivity contribution in [2.45, 2.75) is 25.6 Å². The molecule has 0 saturated heterocycles. The molecule has 0 saturated carbocycles. The lowest BCUT2D eigenvalue weighted by Gasteiger charge is -2.22. The summed E-state index contributed by atoms with van der Waals surface area (Å²) in [4.78, 5) is 7.75. The highest BCUT2D eigenvalue weighted by Gasteiger charge is 2.35. The lowest BCUT2D eigenvalue weighted by Crippen LogP contribution is -2.24. The highest BCUT2D eigenvalue weighted by Crippen LogP contribution is 2.30. The molecule has 2 aromatic rings. The molecule has 3 rings (SSSR count). The van der Waals surface area contributed by atoms with E-state index in [2.05, 4.69) is 9.97 Å². The molecule has 4 nitrogen and oxygen atoms in total. The van der Waals surface area contributed by atoms with E-state index in [4.69, 9.17) is 4.74 Å². The van der Waals surface area contributed by atoms with Gasteiger partial charge in [-0.25, -0.2) is 9.97 Å². The van der Waals surface area contributed by atoms with Crippen LogP contribution in [-0.2, 0) is 19.1 Å². The Hall–Kier alpha value is -2.05. The van der Waals surface area contributed by atoms with Crippen molar-refractivity contribution >= 4 is 0 Å². The lowest BCUT2D eigenvalue weighted by atomic mass is 9.99. The Morgan fingerprint density at radius 1 is 1.33 bits per heavy atom. The molecule has 2 aromatic heterocycles. The molecule has 0 fully saturated rings. The van der Waals surface area contributed by atoms with Gasteiger partial charge in [0.05, 0.1) is 6.61 Å². The summed E-state index contributed by atoms with van der Waals surface area (Å²) in [5.41, 5.74) is -0.816. The molecular weight excluding hydrogens is 283 g/mol. The van der Waals surface area contributed by atoms with Crippen molar-refractivity contribution in [3.8, 4) is 5.88 Å². The monoisotopic (exact) mass is 297 g/mol. The number of halogens is 3. The highest BCUT2D eigenvalue weighted by atomic mass is 19.4. The zero-order chi connectivity index (χ0) is 14.9. The first-order valence-electron chi connectivity index (χ1n) is 6.69. The zero-order valence-corrected chi connectivity index (χ0v) is 11.2. The van der Waals surface area contributed by atoms with Crippen LogP contribution in [0.1, 0.15) is 17.9 Å². The van der Waals surface area contributed by atoms with E-state index >= 15 is 0 Å². The van der Waals surface area contributed by atoms with E-state index in [0.29, 0.717) is 31.3 Å². The summed E-state index contributed by atoms with van der Waals surface area (Å²) in [5, 5.41) is 0. The van der Waals surface area contributed by atoms with E-state index in [1.807, 2.05) is 6.07 Å². The van der Waals surface area contributed by atoms with Crippen LogP contribution in [0.15, 0.2) is 30.6 Å². The average Bonchev–Trinajstić information content (AvgIpc) is 2.89. The molecule has 0 amide bonds. The molecule has 1 atom stereocenters. The number of rotatable bonds is 3. The van der Waals surface area contributed by atoms with Gasteiger partial charge < -0.3 is 9.30 Å². The number of alkyl halides is 3. The number of aromatic nitrogens is 3. The van der Waals surface area contributed by atoms with Gasteiger partial charge in [0.1, 0.15) is 5.82 Å². The fourth-order valence-electron chi connectivity index (χ4n) is 2.41. The molecule has 1 unspecified atom stereocenters. The molecule has 1 aliphatic heterocycles. The van der Waals surface area contributed by atoms with Gasteiger partial charge in [-0.05, 0) is 12.5 Å². The van der Waals surface area contributed by atoms with Crippen LogP contribution in [-0.4, -0.2) is 21.1 Å². The fourth-order valence-corrected chi connectivity index (χ4v) is 2.41. The van der Waals surface area contributed by atoms with Gasteiger partial charge >= 0.3 is 6.18 Å². The Balaban J connectivity index is 1.63. The zero-order valence-electron chi connectivity index (χ0n) is 11.2. The Morgan fingerprint density at radius 3 is 2.90 bits per heavy atom. The van der Waals surface area contributed by atoms with Crippen molar-refractivity contribution in [3.05, 3.63) is 42.1 Å². The smallest absolute Gasteiger partial charge is 0.434 e. The van der Waals surface area contributed by atoms with Crippen LogP contribution in [0.25, 0.3) is 0 Å². The topological polar surface area (TPSA) is 39.9 Å². The summed E-state index contributed by atoms with van der Waals surface area (Å²) in [6.45, 7) is 0.972. The molecule has 0 bridgehead atoms. The van der Waals surface area contributed by atoms with Crippen molar-refractivity contribution in [2.75, 3.05) is 6.61 Å². The largest absolute Gasteiger partial charge is 0.477 e. The molecule has 0 aromatic carbocycles. The Bertz CT molecular complexity index is 610. The van der Waals surface area contributed by atoms with Gasteiger partial charge in [-0.1, -0.05) is 6.07 Å². The van der Waals surface area contributed by atoms with Gasteiger partial charge in [0.25, 0.3) is 0 Å². The molecule has 21 heavy (non-hydrogen) atoms. The number of imidazole rings is 1. The number of pyridine rings is 1. The van der Waals surface area contributed by atoms with Crippen molar-refractivity contribution in [2.24, 2.45) is 5.92 Å². The normalized spacial score (nSPS) is 18.3. The first-order chi connectivity index (χ1) is 10.0. The van der Waals surface area contributed by atoms with Gasteiger partial charge in [0, 0.05) is 37.3 Å². The third-order valence-corrected chi connectivity index (χ3v) is 3.50. The number of hydrogen-bond donors (Lipinski definition) is 0. The predicted molar refractivity (Wildman–Crippen MR) is 68.8 cm³/mol. The van der Waals surface area contributed by atoms with Crippen molar-refractivity contribution in [3.63, 3.8) is 0 Å². The van der Waals surface area contributed by atoms with Gasteiger partial charge in [-0.2, -0.15) is 13.2 Å². The van der Waals surface area contributed by atoms with E-state index in [1.54, 1.807) is 22.9 Å². The first-order valence-corrected chi connectivity index (χ1v) is 6.69. The highest BCUT2D eigenvalue weighted by molar-refractivity contribution is 5.11. The second kappa shape index (κ2) is 5.38. The Labute approximate surface area is 119 Å². The number of ether oxygens (including phenoxy) is 1. The minimum atomic E-state index is -4.38. The lowest BCUT2D eigenvalue weighted by molar-refractivity contribution is -0.141. The molecular formula is C14H14F3N3O. The molecule has 1 aliphatic rings. The van der Waals surface area contributed by atoms with Gasteiger partial charge in [0.15, 0.2) is 5.69 Å². The number of aryl methyl sites for hydroxylation is 1. The molecule has 0 spiro atoms. The van der Waals surface area contributed by atoms with Crippen LogP contribution in [0.4, 0.5) is 13.2 Å². The summed E-state index contributed by atoms with van der Waals surface area (Å²) in [6, 6.07) is 5.37. The van der Waals surface area contributed by atoms with Gasteiger partial charge in [-0.3, -0.25) is 0 Å². The van der Waals surface area contributed by atoms with E-state index in [0.717, 1.165) is 12.6 Å². The maximum atomic E-state index is 12.6. The molecule has 0 aliphatic carbocycles. The summed E-state index contributed by atoms with van der Waals surface area (Å²) in [6.07, 6.45) is -0.398. The van der Waals surface area contributed by atoms with Gasteiger partial charge in [-0.15, -0.1) is 0 Å². The Kier molecular flexibility index (Phi) is 3.57. The number of nitrogens with zero attached hydrogens (tertiary/aromatic N) is 3. The van der Waals surface area contributed by atoms with Crippen LogP contribution in [0, 0.1) is 5.92 Å². The van der Waals surface area contributed by atoms with Crippen LogP contribution in [0.2, 0.25) is 0 Å². The molecule has 112 valence electrons. The van der Waals surface area contributed by atoms with Crippen LogP contribution in [0.5, 0.6) is 5.88 Å². The fraction of sp³-hybridized carbons (Fsp3) is 0.429. The minimum Gasteiger partial charge on any atom is -0.477 e. The third-order valence-electron chi connectivity index (χ3n) is 3.50. The predicted octanol–water partition coefficient (Wildman–Crippen LogP) is 2.94. The first kappa shape index (κ1) is 13.9. The van der Waals surface area contributed by atoms with Crippen LogP contribution < -0.4 is 4.74 Å². The molecule has 0 N–H and O–H groups in total. The number of hydrogen-bond acceptors (Lipinski definition) is 3. The number of fused-ring (bicyclic) bond motifs is 1. The van der Waals surface area contributed by atoms with Gasteiger partial charge in [0.2, 0.25) is 5.88 Å². The van der Waals surface area contributed by atoms with E-state index in [9.17, 15) is 13.2 Å². The molecule has 7 heteroatoms. The quantitative estimate of drug-likeness (QED) is 0.874. The molecule has 0 radical (unpaired) electrons. The summed E-state index contributed by atoms with van der Waals surface area (Å²) >= 11 is 0. The molecule has 3 heterocycles. The standard InChI is InChI=1S/C14H14F3N3O/c15-14(16,17)11-8-20-6-4-10(7-12(20)19-11)9-21-13-3-1-2-5-18-13/h1-3,5,8,10H,4,6-7,9H2. The summed E-state index contributed by atoms with van der Waals surface area (Å²) in [5.74, 6) is 1.16. The average molecular weight is 297 g/mol. The van der Waals surface area contributed by atoms with E-state index < -0.39 is 11.9 Å². The van der Waals surface area contributed by atoms with E-state index in [-0.39, 0.29) is 5.92 Å². The summed E-state index contributed by atoms with van der Waals surface area (Å²) < 4.78 is 45.0. The van der Waals surface area contributed by atoms with Crippen LogP contribution in [0.3, 0.4) is 0 Å². The van der Waals surface area contributed by atoms with Crippen molar-refractivity contribution in [1.29, 1.82) is 0 Å². The second-order valence-electron chi connectivity index (χ2n) is 5.07.